The van der Waals surface area contributed by atoms with Gasteiger partial charge in [0.05, 0.1) is 5.41 Å². The fourth-order valence-corrected chi connectivity index (χ4v) is 0.953. The van der Waals surface area contributed by atoms with E-state index in [2.05, 4.69) is 0 Å². The van der Waals surface area contributed by atoms with Crippen molar-refractivity contribution in [3.05, 3.63) is 12.2 Å². The number of hydrogen-bond acceptors (Lipinski definition) is 2. The van der Waals surface area contributed by atoms with Gasteiger partial charge in [-0.25, -0.2) is 4.79 Å². The lowest BCUT2D eigenvalue weighted by molar-refractivity contribution is -0.147. The first-order valence-corrected chi connectivity index (χ1v) is 4.49. The molecular weight excluding hydrogens is 184 g/mol. The first kappa shape index (κ1) is 12.7. The van der Waals surface area contributed by atoms with E-state index in [0.717, 1.165) is 6.08 Å². The van der Waals surface area contributed by atoms with Gasteiger partial charge >= 0.3 is 11.9 Å². The molecule has 0 heterocycles. The van der Waals surface area contributed by atoms with Gasteiger partial charge in [0.15, 0.2) is 0 Å². The summed E-state index contributed by atoms with van der Waals surface area (Å²) in [5.41, 5.74) is -0.725. The van der Waals surface area contributed by atoms with Crippen molar-refractivity contribution in [2.75, 3.05) is 0 Å². The van der Waals surface area contributed by atoms with Crippen LogP contribution < -0.4 is 0 Å². The van der Waals surface area contributed by atoms with E-state index in [9.17, 15) is 9.59 Å². The topological polar surface area (TPSA) is 74.6 Å². The fraction of sp³-hybridized carbons (Fsp3) is 0.600. The predicted octanol–water partition coefficient (Wildman–Crippen LogP) is 1.91. The Balaban J connectivity index is 3.75. The van der Waals surface area contributed by atoms with Gasteiger partial charge in [0, 0.05) is 6.08 Å². The number of unbranched alkanes of at least 4 members (excludes halogenated alkanes) is 1. The third-order valence-corrected chi connectivity index (χ3v) is 2.01. The van der Waals surface area contributed by atoms with Crippen molar-refractivity contribution >= 4 is 11.9 Å². The third kappa shape index (κ3) is 5.35. The molecule has 0 saturated heterocycles. The lowest BCUT2D eigenvalue weighted by Gasteiger charge is -2.17. The molecule has 0 aromatic heterocycles. The predicted molar refractivity (Wildman–Crippen MR) is 52.0 cm³/mol. The minimum Gasteiger partial charge on any atom is -0.481 e. The molecule has 0 fully saturated rings. The fourth-order valence-electron chi connectivity index (χ4n) is 0.953. The number of aliphatic carboxylic acids is 2. The Labute approximate surface area is 83.2 Å². The molecule has 0 aromatic rings. The molecule has 0 aliphatic heterocycles. The van der Waals surface area contributed by atoms with E-state index in [4.69, 9.17) is 10.2 Å². The highest BCUT2D eigenvalue weighted by Gasteiger charge is 2.25. The smallest absolute Gasteiger partial charge is 0.327 e. The van der Waals surface area contributed by atoms with Gasteiger partial charge < -0.3 is 10.2 Å². The molecule has 0 rings (SSSR count). The zero-order chi connectivity index (χ0) is 11.2. The van der Waals surface area contributed by atoms with Gasteiger partial charge in [-0.3, -0.25) is 4.79 Å². The van der Waals surface area contributed by atoms with Crippen molar-refractivity contribution in [1.82, 2.24) is 0 Å². The van der Waals surface area contributed by atoms with Crippen molar-refractivity contribution in [3.8, 4) is 0 Å². The summed E-state index contributed by atoms with van der Waals surface area (Å²) in [6, 6.07) is 0. The van der Waals surface area contributed by atoms with Crippen LogP contribution in [-0.2, 0) is 9.59 Å². The van der Waals surface area contributed by atoms with Crippen molar-refractivity contribution in [1.29, 1.82) is 0 Å². The van der Waals surface area contributed by atoms with Gasteiger partial charge in [0.2, 0.25) is 0 Å². The van der Waals surface area contributed by atoms with Crippen LogP contribution in [0, 0.1) is 5.41 Å². The summed E-state index contributed by atoms with van der Waals surface area (Å²) >= 11 is 0. The Bertz CT molecular complexity index is 241. The minimum atomic E-state index is -0.970. The zero-order valence-corrected chi connectivity index (χ0v) is 8.49. The standard InChI is InChI=1S/C10H16O4/c1-10(2,9(13)14)7-5-3-4-6-8(11)12/h4,6H,3,5,7H2,1-2H3,(H,11,12)(H,13,14). The van der Waals surface area contributed by atoms with Crippen LogP contribution in [0.3, 0.4) is 0 Å². The Kier molecular flexibility index (Phi) is 4.91. The number of carboxylic acid groups (broad SMARTS) is 2. The number of rotatable bonds is 6. The first-order valence-electron chi connectivity index (χ1n) is 4.49. The highest BCUT2D eigenvalue weighted by molar-refractivity contribution is 5.79. The molecule has 0 atom stereocenters. The molecular formula is C10H16O4. The summed E-state index contributed by atoms with van der Waals surface area (Å²) in [5.74, 6) is -1.79. The van der Waals surface area contributed by atoms with E-state index in [-0.39, 0.29) is 0 Å². The van der Waals surface area contributed by atoms with E-state index in [1.54, 1.807) is 19.9 Å². The van der Waals surface area contributed by atoms with Crippen LogP contribution in [0.25, 0.3) is 0 Å². The van der Waals surface area contributed by atoms with E-state index in [1.807, 2.05) is 0 Å². The van der Waals surface area contributed by atoms with Crippen molar-refractivity contribution < 1.29 is 19.8 Å². The zero-order valence-electron chi connectivity index (χ0n) is 8.49. The Morgan fingerprint density at radius 1 is 1.29 bits per heavy atom. The highest BCUT2D eigenvalue weighted by Crippen LogP contribution is 2.23. The summed E-state index contributed by atoms with van der Waals surface area (Å²) in [5, 5.41) is 17.1. The van der Waals surface area contributed by atoms with E-state index in [0.29, 0.717) is 19.3 Å². The summed E-state index contributed by atoms with van der Waals surface area (Å²) in [4.78, 5) is 20.8. The molecule has 0 aliphatic carbocycles. The molecule has 0 amide bonds. The lowest BCUT2D eigenvalue weighted by atomic mass is 9.87. The molecule has 0 aromatic carbocycles. The third-order valence-electron chi connectivity index (χ3n) is 2.01. The van der Waals surface area contributed by atoms with Gasteiger partial charge in [-0.2, -0.15) is 0 Å². The largest absolute Gasteiger partial charge is 0.481 e. The number of hydrogen-bond donors (Lipinski definition) is 2. The van der Waals surface area contributed by atoms with Crippen LogP contribution in [0.1, 0.15) is 33.1 Å². The molecule has 0 bridgehead atoms. The Morgan fingerprint density at radius 3 is 2.29 bits per heavy atom. The van der Waals surface area contributed by atoms with E-state index < -0.39 is 17.4 Å². The average Bonchev–Trinajstić information content (AvgIpc) is 2.02. The van der Waals surface area contributed by atoms with Crippen molar-refractivity contribution in [2.45, 2.75) is 33.1 Å². The van der Waals surface area contributed by atoms with Crippen LogP contribution in [0.4, 0.5) is 0 Å². The average molecular weight is 200 g/mol. The van der Waals surface area contributed by atoms with Gasteiger partial charge in [0.25, 0.3) is 0 Å². The number of carbonyl (C=O) groups is 2. The normalized spacial score (nSPS) is 11.9. The second-order valence-corrected chi connectivity index (χ2v) is 3.82. The molecule has 0 spiro atoms. The molecule has 2 N–H and O–H groups in total. The van der Waals surface area contributed by atoms with Gasteiger partial charge in [0.1, 0.15) is 0 Å². The monoisotopic (exact) mass is 200 g/mol. The van der Waals surface area contributed by atoms with Gasteiger partial charge in [-0.05, 0) is 33.1 Å². The van der Waals surface area contributed by atoms with Crippen LogP contribution >= 0.6 is 0 Å². The van der Waals surface area contributed by atoms with Crippen LogP contribution in [0.5, 0.6) is 0 Å². The van der Waals surface area contributed by atoms with E-state index >= 15 is 0 Å². The van der Waals surface area contributed by atoms with Crippen LogP contribution in [-0.4, -0.2) is 22.2 Å². The summed E-state index contributed by atoms with van der Waals surface area (Å²) in [6.07, 6.45) is 4.45. The van der Waals surface area contributed by atoms with Gasteiger partial charge in [-0.15, -0.1) is 0 Å². The minimum absolute atomic E-state index is 0.548. The molecule has 0 aliphatic rings. The SMILES string of the molecule is CC(C)(CCCC=CC(=O)O)C(=O)O. The first-order chi connectivity index (χ1) is 6.36. The maximum atomic E-state index is 10.7. The highest BCUT2D eigenvalue weighted by atomic mass is 16.4. The molecule has 0 unspecified atom stereocenters. The van der Waals surface area contributed by atoms with Crippen LogP contribution in [0.15, 0.2) is 12.2 Å². The molecule has 0 saturated carbocycles. The van der Waals surface area contributed by atoms with Crippen molar-refractivity contribution in [3.63, 3.8) is 0 Å². The summed E-state index contributed by atoms with van der Waals surface area (Å²) in [6.45, 7) is 3.33. The van der Waals surface area contributed by atoms with Gasteiger partial charge in [-0.1, -0.05) is 6.08 Å². The second-order valence-electron chi connectivity index (χ2n) is 3.82. The van der Waals surface area contributed by atoms with Crippen molar-refractivity contribution in [2.24, 2.45) is 5.41 Å². The maximum Gasteiger partial charge on any atom is 0.327 e. The Hall–Kier alpha value is -1.32. The summed E-state index contributed by atoms with van der Waals surface area (Å²) in [7, 11) is 0. The Morgan fingerprint density at radius 2 is 1.86 bits per heavy atom. The van der Waals surface area contributed by atoms with E-state index in [1.165, 1.54) is 0 Å². The second kappa shape index (κ2) is 5.42. The molecule has 14 heavy (non-hydrogen) atoms. The van der Waals surface area contributed by atoms with Crippen LogP contribution in [0.2, 0.25) is 0 Å². The molecule has 4 nitrogen and oxygen atoms in total. The maximum absolute atomic E-state index is 10.7. The number of carboxylic acids is 2. The lowest BCUT2D eigenvalue weighted by Crippen LogP contribution is -2.23. The molecule has 4 heteroatoms. The number of allylic oxidation sites excluding steroid dienone is 1. The molecule has 80 valence electrons. The quantitative estimate of drug-likeness (QED) is 0.507. The molecule has 0 radical (unpaired) electrons. The summed E-state index contributed by atoms with van der Waals surface area (Å²) < 4.78 is 0.